The van der Waals surface area contributed by atoms with Crippen LogP contribution in [0, 0.1) is 0 Å². The quantitative estimate of drug-likeness (QED) is 0.625. The largest absolute Gasteiger partial charge is 0.465 e. The summed E-state index contributed by atoms with van der Waals surface area (Å²) >= 11 is 0. The normalized spacial score (nSPS) is 20.2. The van der Waals surface area contributed by atoms with Gasteiger partial charge in [0.15, 0.2) is 0 Å². The molecular formula is C10H19N3O4. The van der Waals surface area contributed by atoms with Crippen LogP contribution in [0.2, 0.25) is 0 Å². The first-order valence-corrected chi connectivity index (χ1v) is 5.50. The first-order valence-electron chi connectivity index (χ1n) is 5.50. The second-order valence-electron chi connectivity index (χ2n) is 4.99. The van der Waals surface area contributed by atoms with E-state index in [1.165, 1.54) is 4.90 Å². The molecular weight excluding hydrogens is 226 g/mol. The zero-order valence-corrected chi connectivity index (χ0v) is 10.3. The molecule has 1 rings (SSSR count). The van der Waals surface area contributed by atoms with Gasteiger partial charge in [0.05, 0.1) is 0 Å². The number of hydrazine groups is 1. The van der Waals surface area contributed by atoms with Gasteiger partial charge in [-0.2, -0.15) is 0 Å². The number of rotatable bonds is 2. The summed E-state index contributed by atoms with van der Waals surface area (Å²) in [6, 6.07) is -0.0707. The topological polar surface area (TPSA) is 90.9 Å². The Kier molecular flexibility index (Phi) is 4.17. The summed E-state index contributed by atoms with van der Waals surface area (Å²) in [5.41, 5.74) is 4.62. The summed E-state index contributed by atoms with van der Waals surface area (Å²) in [5, 5.41) is 8.75. The molecule has 2 amide bonds. The van der Waals surface area contributed by atoms with Gasteiger partial charge in [0.25, 0.3) is 0 Å². The molecule has 1 saturated heterocycles. The van der Waals surface area contributed by atoms with Gasteiger partial charge < -0.3 is 14.7 Å². The Bertz CT molecular complexity index is 300. The summed E-state index contributed by atoms with van der Waals surface area (Å²) in [5.74, 6) is 0. The molecule has 0 aromatic carbocycles. The van der Waals surface area contributed by atoms with E-state index in [2.05, 4.69) is 10.9 Å². The van der Waals surface area contributed by atoms with E-state index < -0.39 is 17.8 Å². The van der Waals surface area contributed by atoms with Gasteiger partial charge >= 0.3 is 12.2 Å². The Balaban J connectivity index is 2.24. The standard InChI is InChI=1S/C10H19N3O4/c1-10(2,3)17-8(14)12-11-7-4-5-13(6-7)9(15)16/h7,11H,4-6H2,1-3H3,(H,12,14)(H,15,16). The Hall–Kier alpha value is -1.50. The van der Waals surface area contributed by atoms with E-state index >= 15 is 0 Å². The molecule has 17 heavy (non-hydrogen) atoms. The molecule has 1 atom stereocenters. The molecule has 0 saturated carbocycles. The van der Waals surface area contributed by atoms with Gasteiger partial charge in [0.2, 0.25) is 0 Å². The lowest BCUT2D eigenvalue weighted by Gasteiger charge is -2.21. The monoisotopic (exact) mass is 245 g/mol. The average Bonchev–Trinajstić information content (AvgIpc) is 2.60. The fourth-order valence-corrected chi connectivity index (χ4v) is 1.52. The number of nitrogens with zero attached hydrogens (tertiary/aromatic N) is 1. The molecule has 7 nitrogen and oxygen atoms in total. The third-order valence-corrected chi connectivity index (χ3v) is 2.24. The van der Waals surface area contributed by atoms with Gasteiger partial charge in [-0.05, 0) is 27.2 Å². The van der Waals surface area contributed by atoms with Gasteiger partial charge in [-0.1, -0.05) is 0 Å². The fourth-order valence-electron chi connectivity index (χ4n) is 1.52. The van der Waals surface area contributed by atoms with Gasteiger partial charge in [-0.15, -0.1) is 0 Å². The highest BCUT2D eigenvalue weighted by Gasteiger charge is 2.26. The summed E-state index contributed by atoms with van der Waals surface area (Å²) in [6.07, 6.45) is -0.833. The molecule has 1 aliphatic heterocycles. The summed E-state index contributed by atoms with van der Waals surface area (Å²) in [6.45, 7) is 6.16. The van der Waals surface area contributed by atoms with E-state index in [0.717, 1.165) is 0 Å². The molecule has 7 heteroatoms. The van der Waals surface area contributed by atoms with Gasteiger partial charge in [0, 0.05) is 19.1 Å². The SMILES string of the molecule is CC(C)(C)OC(=O)NNC1CCN(C(=O)O)C1. The van der Waals surface area contributed by atoms with Crippen LogP contribution in [-0.4, -0.2) is 46.9 Å². The molecule has 1 aliphatic rings. The Morgan fingerprint density at radius 1 is 1.41 bits per heavy atom. The molecule has 0 aromatic heterocycles. The number of carbonyl (C=O) groups is 2. The van der Waals surface area contributed by atoms with Crippen molar-refractivity contribution in [2.45, 2.75) is 38.8 Å². The van der Waals surface area contributed by atoms with Crippen LogP contribution in [-0.2, 0) is 4.74 Å². The molecule has 1 unspecified atom stereocenters. The molecule has 0 aliphatic carbocycles. The van der Waals surface area contributed by atoms with Crippen LogP contribution in [0.4, 0.5) is 9.59 Å². The molecule has 0 spiro atoms. The molecule has 3 N–H and O–H groups in total. The highest BCUT2D eigenvalue weighted by atomic mass is 16.6. The summed E-state index contributed by atoms with van der Waals surface area (Å²) < 4.78 is 5.03. The van der Waals surface area contributed by atoms with E-state index in [1.54, 1.807) is 20.8 Å². The van der Waals surface area contributed by atoms with E-state index in [-0.39, 0.29) is 6.04 Å². The summed E-state index contributed by atoms with van der Waals surface area (Å²) in [7, 11) is 0. The molecule has 0 radical (unpaired) electrons. The van der Waals surface area contributed by atoms with Gasteiger partial charge in [-0.3, -0.25) is 5.43 Å². The molecule has 98 valence electrons. The predicted molar refractivity (Wildman–Crippen MR) is 60.5 cm³/mol. The number of ether oxygens (including phenoxy) is 1. The van der Waals surface area contributed by atoms with Crippen molar-refractivity contribution in [3.63, 3.8) is 0 Å². The molecule has 0 bridgehead atoms. The Labute approximate surface area is 100 Å². The second-order valence-corrected chi connectivity index (χ2v) is 4.99. The van der Waals surface area contributed by atoms with Gasteiger partial charge in [-0.25, -0.2) is 15.0 Å². The smallest absolute Gasteiger partial charge is 0.422 e. The lowest BCUT2D eigenvalue weighted by atomic mass is 10.2. The van der Waals surface area contributed by atoms with Crippen molar-refractivity contribution in [1.82, 2.24) is 15.8 Å². The van der Waals surface area contributed by atoms with Crippen LogP contribution in [0.1, 0.15) is 27.2 Å². The van der Waals surface area contributed by atoms with Crippen molar-refractivity contribution in [3.05, 3.63) is 0 Å². The van der Waals surface area contributed by atoms with Gasteiger partial charge in [0.1, 0.15) is 5.60 Å². The second kappa shape index (κ2) is 5.22. The van der Waals surface area contributed by atoms with Crippen LogP contribution < -0.4 is 10.9 Å². The van der Waals surface area contributed by atoms with Crippen molar-refractivity contribution >= 4 is 12.2 Å². The molecule has 1 fully saturated rings. The highest BCUT2D eigenvalue weighted by molar-refractivity contribution is 5.67. The van der Waals surface area contributed by atoms with Crippen LogP contribution >= 0.6 is 0 Å². The maximum atomic E-state index is 11.3. The zero-order valence-electron chi connectivity index (χ0n) is 10.3. The first kappa shape index (κ1) is 13.6. The van der Waals surface area contributed by atoms with Crippen molar-refractivity contribution in [1.29, 1.82) is 0 Å². The lowest BCUT2D eigenvalue weighted by Crippen LogP contribution is -2.47. The van der Waals surface area contributed by atoms with Crippen molar-refractivity contribution < 1.29 is 19.4 Å². The number of carboxylic acid groups (broad SMARTS) is 1. The van der Waals surface area contributed by atoms with Crippen molar-refractivity contribution in [3.8, 4) is 0 Å². The Morgan fingerprint density at radius 2 is 2.06 bits per heavy atom. The number of carbonyl (C=O) groups excluding carboxylic acids is 1. The fraction of sp³-hybridized carbons (Fsp3) is 0.800. The van der Waals surface area contributed by atoms with Crippen LogP contribution in [0.5, 0.6) is 0 Å². The lowest BCUT2D eigenvalue weighted by molar-refractivity contribution is 0.0489. The summed E-state index contributed by atoms with van der Waals surface area (Å²) in [4.78, 5) is 23.3. The number of likely N-dealkylation sites (tertiary alicyclic amines) is 1. The molecule has 1 heterocycles. The minimum Gasteiger partial charge on any atom is -0.465 e. The predicted octanol–water partition coefficient (Wildman–Crippen LogP) is 0.768. The maximum absolute atomic E-state index is 11.3. The highest BCUT2D eigenvalue weighted by Crippen LogP contribution is 2.09. The average molecular weight is 245 g/mol. The maximum Gasteiger partial charge on any atom is 0.422 e. The number of amides is 2. The van der Waals surface area contributed by atoms with Crippen molar-refractivity contribution in [2.24, 2.45) is 0 Å². The molecule has 0 aromatic rings. The van der Waals surface area contributed by atoms with E-state index in [1.807, 2.05) is 0 Å². The minimum atomic E-state index is -0.938. The van der Waals surface area contributed by atoms with Crippen LogP contribution in [0.3, 0.4) is 0 Å². The van der Waals surface area contributed by atoms with E-state index in [0.29, 0.717) is 19.5 Å². The zero-order chi connectivity index (χ0) is 13.1. The number of hydrogen-bond acceptors (Lipinski definition) is 4. The van der Waals surface area contributed by atoms with E-state index in [9.17, 15) is 9.59 Å². The third kappa shape index (κ3) is 4.90. The number of nitrogens with one attached hydrogen (secondary N) is 2. The van der Waals surface area contributed by atoms with Crippen LogP contribution in [0.15, 0.2) is 0 Å². The van der Waals surface area contributed by atoms with Crippen LogP contribution in [0.25, 0.3) is 0 Å². The number of hydrogen-bond donors (Lipinski definition) is 3. The first-order chi connectivity index (χ1) is 7.78. The van der Waals surface area contributed by atoms with Crippen molar-refractivity contribution in [2.75, 3.05) is 13.1 Å². The third-order valence-electron chi connectivity index (χ3n) is 2.24. The van der Waals surface area contributed by atoms with E-state index in [4.69, 9.17) is 9.84 Å². The Morgan fingerprint density at radius 3 is 2.53 bits per heavy atom. The minimum absolute atomic E-state index is 0.0707.